The Morgan fingerprint density at radius 1 is 1.16 bits per heavy atom. The van der Waals surface area contributed by atoms with Gasteiger partial charge in [-0.1, -0.05) is 12.1 Å². The quantitative estimate of drug-likeness (QED) is 0.564. The Hall–Kier alpha value is -3.33. The van der Waals surface area contributed by atoms with Crippen LogP contribution in [0.3, 0.4) is 0 Å². The van der Waals surface area contributed by atoms with Gasteiger partial charge in [0.2, 0.25) is 0 Å². The Morgan fingerprint density at radius 3 is 2.96 bits per heavy atom. The molecule has 1 N–H and O–H groups in total. The number of carbonyl (C=O) groups excluding carboxylic acids is 2. The van der Waals surface area contributed by atoms with Crippen LogP contribution in [0.15, 0.2) is 48.8 Å². The van der Waals surface area contributed by atoms with Crippen molar-refractivity contribution in [2.75, 3.05) is 11.9 Å². The van der Waals surface area contributed by atoms with Crippen molar-refractivity contribution in [3.8, 4) is 0 Å². The van der Waals surface area contributed by atoms with E-state index in [1.165, 1.54) is 0 Å². The van der Waals surface area contributed by atoms with Crippen molar-refractivity contribution in [3.05, 3.63) is 54.5 Å². The number of nitrogens with one attached hydrogen (secondary N) is 1. The fraction of sp³-hybridized carbons (Fsp3) is 0.0625. The maximum absolute atomic E-state index is 12.0. The Labute approximate surface area is 145 Å². The molecule has 0 saturated carbocycles. The summed E-state index contributed by atoms with van der Waals surface area (Å²) in [6.45, 7) is -0.416. The number of anilines is 1. The van der Waals surface area contributed by atoms with Crippen molar-refractivity contribution in [1.82, 2.24) is 18.1 Å². The van der Waals surface area contributed by atoms with Crippen molar-refractivity contribution in [2.24, 2.45) is 0 Å². The van der Waals surface area contributed by atoms with Gasteiger partial charge in [0.15, 0.2) is 12.3 Å². The van der Waals surface area contributed by atoms with Crippen molar-refractivity contribution < 1.29 is 14.3 Å². The number of hydrogen-bond acceptors (Lipinski definition) is 7. The molecule has 0 radical (unpaired) electrons. The topological polar surface area (TPSA) is 98.5 Å². The van der Waals surface area contributed by atoms with Crippen LogP contribution in [0, 0.1) is 0 Å². The summed E-state index contributed by atoms with van der Waals surface area (Å²) in [4.78, 5) is 28.2. The molecule has 0 aliphatic rings. The lowest BCUT2D eigenvalue weighted by atomic mass is 10.2. The number of pyridine rings is 1. The second-order valence-electron chi connectivity index (χ2n) is 5.15. The molecule has 3 heterocycles. The molecule has 0 fully saturated rings. The van der Waals surface area contributed by atoms with Gasteiger partial charge < -0.3 is 14.5 Å². The number of aromatic nitrogens is 4. The monoisotopic (exact) mass is 353 g/mol. The zero-order valence-electron chi connectivity index (χ0n) is 12.7. The van der Waals surface area contributed by atoms with Crippen LogP contribution in [0.25, 0.3) is 16.7 Å². The standard InChI is InChI=1S/C16H11N5O3S/c22-14(18-10-4-3-5-11-15(10)20-25-19-11)9-24-16(23)12-8-21-7-2-1-6-13(21)17-12/h1-8H,9H2,(H,18,22). The van der Waals surface area contributed by atoms with E-state index < -0.39 is 18.5 Å². The van der Waals surface area contributed by atoms with Gasteiger partial charge in [0.25, 0.3) is 5.91 Å². The fourth-order valence-electron chi connectivity index (χ4n) is 2.33. The maximum Gasteiger partial charge on any atom is 0.359 e. The van der Waals surface area contributed by atoms with Crippen LogP contribution in [-0.4, -0.2) is 36.6 Å². The second kappa shape index (κ2) is 6.29. The molecule has 0 unspecified atom stereocenters. The van der Waals surface area contributed by atoms with Crippen molar-refractivity contribution in [2.45, 2.75) is 0 Å². The number of ether oxygens (including phenoxy) is 1. The summed E-state index contributed by atoms with van der Waals surface area (Å²) in [5, 5.41) is 2.67. The highest BCUT2D eigenvalue weighted by molar-refractivity contribution is 7.00. The van der Waals surface area contributed by atoms with Crippen LogP contribution in [0.5, 0.6) is 0 Å². The van der Waals surface area contributed by atoms with Crippen LogP contribution in [0.2, 0.25) is 0 Å². The van der Waals surface area contributed by atoms with Crippen LogP contribution in [-0.2, 0) is 9.53 Å². The molecule has 0 spiro atoms. The molecule has 3 aromatic heterocycles. The lowest BCUT2D eigenvalue weighted by Gasteiger charge is -2.05. The minimum absolute atomic E-state index is 0.143. The number of rotatable bonds is 4. The van der Waals surface area contributed by atoms with Crippen LogP contribution in [0.1, 0.15) is 10.5 Å². The van der Waals surface area contributed by atoms with Gasteiger partial charge in [-0.15, -0.1) is 0 Å². The number of amides is 1. The van der Waals surface area contributed by atoms with Gasteiger partial charge in [0.05, 0.1) is 17.4 Å². The predicted octanol–water partition coefficient (Wildman–Crippen LogP) is 2.13. The molecule has 0 aliphatic heterocycles. The van der Waals surface area contributed by atoms with Crippen LogP contribution in [0.4, 0.5) is 5.69 Å². The molecule has 124 valence electrons. The molecule has 8 nitrogen and oxygen atoms in total. The van der Waals surface area contributed by atoms with E-state index in [0.29, 0.717) is 22.4 Å². The van der Waals surface area contributed by atoms with E-state index in [4.69, 9.17) is 4.74 Å². The van der Waals surface area contributed by atoms with E-state index in [1.54, 1.807) is 41.1 Å². The molecule has 0 saturated heterocycles. The van der Waals surface area contributed by atoms with E-state index in [2.05, 4.69) is 19.0 Å². The molecule has 1 amide bonds. The zero-order valence-corrected chi connectivity index (χ0v) is 13.6. The first kappa shape index (κ1) is 15.2. The number of nitrogens with zero attached hydrogens (tertiary/aromatic N) is 4. The number of hydrogen-bond donors (Lipinski definition) is 1. The first-order valence-corrected chi connectivity index (χ1v) is 8.06. The lowest BCUT2D eigenvalue weighted by molar-refractivity contribution is -0.119. The third kappa shape index (κ3) is 3.04. The molecule has 25 heavy (non-hydrogen) atoms. The SMILES string of the molecule is O=C(COC(=O)c1cn2ccccc2n1)Nc1cccc2nsnc12. The zero-order chi connectivity index (χ0) is 17.2. The van der Waals surface area contributed by atoms with E-state index in [0.717, 1.165) is 11.7 Å². The molecule has 4 rings (SSSR count). The Kier molecular flexibility index (Phi) is 3.82. The van der Waals surface area contributed by atoms with Crippen molar-refractivity contribution >= 4 is 46.0 Å². The van der Waals surface area contributed by atoms with Crippen LogP contribution < -0.4 is 5.32 Å². The second-order valence-corrected chi connectivity index (χ2v) is 5.68. The van der Waals surface area contributed by atoms with Gasteiger partial charge in [0.1, 0.15) is 16.7 Å². The minimum atomic E-state index is -0.660. The number of imidazole rings is 1. The normalized spacial score (nSPS) is 10.9. The fourth-order valence-corrected chi connectivity index (χ4v) is 2.88. The van der Waals surface area contributed by atoms with E-state index in [1.807, 2.05) is 12.1 Å². The number of carbonyl (C=O) groups is 2. The van der Waals surface area contributed by atoms with Crippen molar-refractivity contribution in [3.63, 3.8) is 0 Å². The molecule has 0 atom stereocenters. The Balaban J connectivity index is 1.41. The van der Waals surface area contributed by atoms with E-state index >= 15 is 0 Å². The molecule has 4 aromatic rings. The molecule has 0 aliphatic carbocycles. The predicted molar refractivity (Wildman–Crippen MR) is 91.5 cm³/mol. The number of benzene rings is 1. The third-order valence-electron chi connectivity index (χ3n) is 3.47. The highest BCUT2D eigenvalue weighted by atomic mass is 32.1. The van der Waals surface area contributed by atoms with Crippen molar-refractivity contribution in [1.29, 1.82) is 0 Å². The van der Waals surface area contributed by atoms with Gasteiger partial charge in [-0.3, -0.25) is 4.79 Å². The van der Waals surface area contributed by atoms with Gasteiger partial charge in [-0.05, 0) is 24.3 Å². The molecular formula is C16H11N5O3S. The van der Waals surface area contributed by atoms with Crippen LogP contribution >= 0.6 is 11.7 Å². The molecule has 9 heteroatoms. The molecule has 1 aromatic carbocycles. The summed E-state index contributed by atoms with van der Waals surface area (Å²) >= 11 is 1.06. The summed E-state index contributed by atoms with van der Waals surface area (Å²) in [6.07, 6.45) is 3.33. The van der Waals surface area contributed by atoms with Gasteiger partial charge in [0, 0.05) is 12.4 Å². The Morgan fingerprint density at radius 2 is 2.08 bits per heavy atom. The lowest BCUT2D eigenvalue weighted by Crippen LogP contribution is -2.21. The average molecular weight is 353 g/mol. The highest BCUT2D eigenvalue weighted by Crippen LogP contribution is 2.20. The summed E-state index contributed by atoms with van der Waals surface area (Å²) in [5.41, 5.74) is 2.60. The molecule has 0 bridgehead atoms. The summed E-state index contributed by atoms with van der Waals surface area (Å²) in [6, 6.07) is 10.7. The minimum Gasteiger partial charge on any atom is -0.451 e. The number of esters is 1. The third-order valence-corrected chi connectivity index (χ3v) is 4.01. The largest absolute Gasteiger partial charge is 0.451 e. The first-order chi connectivity index (χ1) is 12.2. The Bertz CT molecular complexity index is 1050. The first-order valence-electron chi connectivity index (χ1n) is 7.33. The van der Waals surface area contributed by atoms with E-state index in [9.17, 15) is 9.59 Å². The number of fused-ring (bicyclic) bond motifs is 2. The summed E-state index contributed by atoms with van der Waals surface area (Å²) < 4.78 is 15.0. The average Bonchev–Trinajstić information content (AvgIpc) is 3.26. The highest BCUT2D eigenvalue weighted by Gasteiger charge is 2.15. The summed E-state index contributed by atoms with van der Waals surface area (Å²) in [5.74, 6) is -1.12. The van der Waals surface area contributed by atoms with Gasteiger partial charge in [-0.25, -0.2) is 9.78 Å². The summed E-state index contributed by atoms with van der Waals surface area (Å²) in [7, 11) is 0. The van der Waals surface area contributed by atoms with Gasteiger partial charge >= 0.3 is 5.97 Å². The maximum atomic E-state index is 12.0. The van der Waals surface area contributed by atoms with Gasteiger partial charge in [-0.2, -0.15) is 8.75 Å². The smallest absolute Gasteiger partial charge is 0.359 e. The van der Waals surface area contributed by atoms with E-state index in [-0.39, 0.29) is 5.69 Å². The molecular weight excluding hydrogens is 342 g/mol.